The van der Waals surface area contributed by atoms with Crippen molar-refractivity contribution in [2.24, 2.45) is 0 Å². The molecule has 0 unspecified atom stereocenters. The van der Waals surface area contributed by atoms with Gasteiger partial charge in [0.1, 0.15) is 5.82 Å². The highest BCUT2D eigenvalue weighted by Crippen LogP contribution is 2.10. The SMILES string of the molecule is O=C(CCC(=O)c1ccc(F)cc1)OCC(=O)N1CCCCCC1. The van der Waals surface area contributed by atoms with E-state index in [1.807, 2.05) is 0 Å². The van der Waals surface area contributed by atoms with E-state index in [2.05, 4.69) is 0 Å². The molecular formula is C18H22FNO4. The van der Waals surface area contributed by atoms with Gasteiger partial charge < -0.3 is 9.64 Å². The molecule has 1 aromatic carbocycles. The normalized spacial score (nSPS) is 14.8. The highest BCUT2D eigenvalue weighted by molar-refractivity contribution is 5.97. The molecule has 1 saturated heterocycles. The molecule has 1 amide bonds. The number of hydrogen-bond donors (Lipinski definition) is 0. The van der Waals surface area contributed by atoms with Gasteiger partial charge in [0.2, 0.25) is 0 Å². The Balaban J connectivity index is 1.70. The molecule has 0 N–H and O–H groups in total. The molecule has 5 nitrogen and oxygen atoms in total. The van der Waals surface area contributed by atoms with Gasteiger partial charge >= 0.3 is 5.97 Å². The minimum atomic E-state index is -0.575. The van der Waals surface area contributed by atoms with Crippen molar-refractivity contribution in [3.05, 3.63) is 35.6 Å². The Hall–Kier alpha value is -2.24. The Morgan fingerprint density at radius 3 is 2.21 bits per heavy atom. The molecule has 0 atom stereocenters. The van der Waals surface area contributed by atoms with Crippen LogP contribution in [0, 0.1) is 5.82 Å². The largest absolute Gasteiger partial charge is 0.456 e. The van der Waals surface area contributed by atoms with Crippen LogP contribution >= 0.6 is 0 Å². The summed E-state index contributed by atoms with van der Waals surface area (Å²) in [7, 11) is 0. The van der Waals surface area contributed by atoms with Crippen LogP contribution in [0.2, 0.25) is 0 Å². The molecule has 0 aromatic heterocycles. The van der Waals surface area contributed by atoms with E-state index in [1.54, 1.807) is 4.90 Å². The Bertz CT molecular complexity index is 577. The fourth-order valence-electron chi connectivity index (χ4n) is 2.62. The van der Waals surface area contributed by atoms with Crippen molar-refractivity contribution < 1.29 is 23.5 Å². The Labute approximate surface area is 140 Å². The van der Waals surface area contributed by atoms with E-state index in [-0.39, 0.29) is 31.1 Å². The molecule has 0 bridgehead atoms. The van der Waals surface area contributed by atoms with Gasteiger partial charge in [0, 0.05) is 25.1 Å². The van der Waals surface area contributed by atoms with Crippen molar-refractivity contribution in [2.75, 3.05) is 19.7 Å². The number of rotatable bonds is 6. The van der Waals surface area contributed by atoms with Crippen molar-refractivity contribution in [1.29, 1.82) is 0 Å². The maximum Gasteiger partial charge on any atom is 0.306 e. The van der Waals surface area contributed by atoms with Crippen molar-refractivity contribution >= 4 is 17.7 Å². The van der Waals surface area contributed by atoms with E-state index < -0.39 is 11.8 Å². The van der Waals surface area contributed by atoms with Crippen LogP contribution in [0.1, 0.15) is 48.9 Å². The quantitative estimate of drug-likeness (QED) is 0.592. The molecule has 6 heteroatoms. The van der Waals surface area contributed by atoms with Crippen LogP contribution in [0.4, 0.5) is 4.39 Å². The van der Waals surface area contributed by atoms with Crippen LogP contribution in [-0.2, 0) is 14.3 Å². The van der Waals surface area contributed by atoms with E-state index in [4.69, 9.17) is 4.74 Å². The molecule has 0 radical (unpaired) electrons. The van der Waals surface area contributed by atoms with Gasteiger partial charge in [0.05, 0.1) is 6.42 Å². The monoisotopic (exact) mass is 335 g/mol. The highest BCUT2D eigenvalue weighted by atomic mass is 19.1. The van der Waals surface area contributed by atoms with Crippen LogP contribution in [0.3, 0.4) is 0 Å². The molecule has 1 aromatic rings. The maximum atomic E-state index is 12.8. The van der Waals surface area contributed by atoms with E-state index in [9.17, 15) is 18.8 Å². The predicted molar refractivity (Wildman–Crippen MR) is 86.0 cm³/mol. The van der Waals surface area contributed by atoms with Crippen LogP contribution in [-0.4, -0.2) is 42.3 Å². The molecule has 1 fully saturated rings. The molecule has 1 heterocycles. The second kappa shape index (κ2) is 9.15. The molecule has 1 aliphatic heterocycles. The zero-order valence-electron chi connectivity index (χ0n) is 13.6. The average molecular weight is 335 g/mol. The van der Waals surface area contributed by atoms with Crippen molar-refractivity contribution in [2.45, 2.75) is 38.5 Å². The number of benzene rings is 1. The standard InChI is InChI=1S/C18H22FNO4/c19-15-7-5-14(6-8-15)16(21)9-10-18(23)24-13-17(22)20-11-3-1-2-4-12-20/h5-8H,1-4,9-13H2. The van der Waals surface area contributed by atoms with Crippen molar-refractivity contribution in [1.82, 2.24) is 4.90 Å². The first-order valence-electron chi connectivity index (χ1n) is 8.28. The number of carbonyl (C=O) groups is 3. The number of esters is 1. The Kier molecular flexibility index (Phi) is 6.90. The number of carbonyl (C=O) groups excluding carboxylic acids is 3. The number of hydrogen-bond acceptors (Lipinski definition) is 4. The molecule has 0 aliphatic carbocycles. The van der Waals surface area contributed by atoms with Gasteiger partial charge in [-0.1, -0.05) is 12.8 Å². The van der Waals surface area contributed by atoms with E-state index in [1.165, 1.54) is 24.3 Å². The number of halogens is 1. The number of ether oxygens (including phenoxy) is 1. The number of amides is 1. The number of likely N-dealkylation sites (tertiary alicyclic amines) is 1. The first-order chi connectivity index (χ1) is 11.6. The fourth-order valence-corrected chi connectivity index (χ4v) is 2.62. The van der Waals surface area contributed by atoms with Gasteiger partial charge in [0.15, 0.2) is 12.4 Å². The first-order valence-corrected chi connectivity index (χ1v) is 8.28. The molecule has 1 aliphatic rings. The third kappa shape index (κ3) is 5.76. The zero-order chi connectivity index (χ0) is 17.4. The number of ketones is 1. The van der Waals surface area contributed by atoms with E-state index >= 15 is 0 Å². The maximum absolute atomic E-state index is 12.8. The summed E-state index contributed by atoms with van der Waals surface area (Å²) in [5.41, 5.74) is 0.352. The third-order valence-electron chi connectivity index (χ3n) is 4.04. The topological polar surface area (TPSA) is 63.7 Å². The second-order valence-electron chi connectivity index (χ2n) is 5.89. The third-order valence-corrected chi connectivity index (χ3v) is 4.04. The van der Waals surface area contributed by atoms with Crippen LogP contribution in [0.15, 0.2) is 24.3 Å². The summed E-state index contributed by atoms with van der Waals surface area (Å²) in [5.74, 6) is -1.44. The Morgan fingerprint density at radius 1 is 0.958 bits per heavy atom. The molecular weight excluding hydrogens is 313 g/mol. The summed E-state index contributed by atoms with van der Waals surface area (Å²) in [6.07, 6.45) is 4.08. The molecule has 130 valence electrons. The van der Waals surface area contributed by atoms with Crippen LogP contribution in [0.25, 0.3) is 0 Å². The first kappa shape index (κ1) is 18.1. The molecule has 2 rings (SSSR count). The van der Waals surface area contributed by atoms with Gasteiger partial charge in [-0.15, -0.1) is 0 Å². The summed E-state index contributed by atoms with van der Waals surface area (Å²) in [6.45, 7) is 1.14. The second-order valence-corrected chi connectivity index (χ2v) is 5.89. The van der Waals surface area contributed by atoms with E-state index in [0.29, 0.717) is 18.7 Å². The van der Waals surface area contributed by atoms with Crippen molar-refractivity contribution in [3.63, 3.8) is 0 Å². The average Bonchev–Trinajstić information content (AvgIpc) is 2.87. The Morgan fingerprint density at radius 2 is 1.58 bits per heavy atom. The van der Waals surface area contributed by atoms with Gasteiger partial charge in [-0.3, -0.25) is 14.4 Å². The number of nitrogens with zero attached hydrogens (tertiary/aromatic N) is 1. The summed E-state index contributed by atoms with van der Waals surface area (Å²) in [4.78, 5) is 37.3. The summed E-state index contributed by atoms with van der Waals surface area (Å²) < 4.78 is 17.8. The lowest BCUT2D eigenvalue weighted by atomic mass is 10.1. The fraction of sp³-hybridized carbons (Fsp3) is 0.500. The van der Waals surface area contributed by atoms with Gasteiger partial charge in [-0.25, -0.2) is 4.39 Å². The molecule has 0 spiro atoms. The summed E-state index contributed by atoms with van der Waals surface area (Å²) in [6, 6.07) is 5.16. The summed E-state index contributed by atoms with van der Waals surface area (Å²) >= 11 is 0. The van der Waals surface area contributed by atoms with Crippen molar-refractivity contribution in [3.8, 4) is 0 Å². The predicted octanol–water partition coefficient (Wildman–Crippen LogP) is 2.73. The van der Waals surface area contributed by atoms with E-state index in [0.717, 1.165) is 25.7 Å². The number of Topliss-reactive ketones (excluding diaryl/α,β-unsaturated/α-hetero) is 1. The van der Waals surface area contributed by atoms with Gasteiger partial charge in [-0.05, 0) is 37.1 Å². The zero-order valence-corrected chi connectivity index (χ0v) is 13.6. The highest BCUT2D eigenvalue weighted by Gasteiger charge is 2.17. The lowest BCUT2D eigenvalue weighted by Crippen LogP contribution is -2.35. The smallest absolute Gasteiger partial charge is 0.306 e. The van der Waals surface area contributed by atoms with Crippen LogP contribution < -0.4 is 0 Å². The van der Waals surface area contributed by atoms with Gasteiger partial charge in [0.25, 0.3) is 5.91 Å². The van der Waals surface area contributed by atoms with Crippen LogP contribution in [0.5, 0.6) is 0 Å². The minimum absolute atomic E-state index is 0.0254. The van der Waals surface area contributed by atoms with Gasteiger partial charge in [-0.2, -0.15) is 0 Å². The lowest BCUT2D eigenvalue weighted by Gasteiger charge is -2.19. The molecule has 0 saturated carbocycles. The lowest BCUT2D eigenvalue weighted by molar-refractivity contribution is -0.152. The minimum Gasteiger partial charge on any atom is -0.456 e. The summed E-state index contributed by atoms with van der Waals surface area (Å²) in [5, 5.41) is 0. The molecule has 24 heavy (non-hydrogen) atoms.